The van der Waals surface area contributed by atoms with Crippen LogP contribution in [0.1, 0.15) is 36.3 Å². The summed E-state index contributed by atoms with van der Waals surface area (Å²) in [5, 5.41) is 7.05. The van der Waals surface area contributed by atoms with Gasteiger partial charge in [0, 0.05) is 12.6 Å². The number of nitrogens with one attached hydrogen (secondary N) is 1. The average molecular weight is 343 g/mol. The molecule has 1 saturated carbocycles. The van der Waals surface area contributed by atoms with Gasteiger partial charge in [-0.1, -0.05) is 23.4 Å². The summed E-state index contributed by atoms with van der Waals surface area (Å²) in [6, 6.07) is 9.68. The highest BCUT2D eigenvalue weighted by molar-refractivity contribution is 5.74. The molecule has 2 atom stereocenters. The number of aromatic nitrogens is 1. The Morgan fingerprint density at radius 2 is 2.08 bits per heavy atom. The van der Waals surface area contributed by atoms with Crippen LogP contribution in [0.15, 0.2) is 34.9 Å². The van der Waals surface area contributed by atoms with Crippen molar-refractivity contribution < 1.29 is 14.1 Å². The third kappa shape index (κ3) is 4.13. The van der Waals surface area contributed by atoms with Crippen LogP contribution in [0.2, 0.25) is 0 Å². The predicted octanol–water partition coefficient (Wildman–Crippen LogP) is 3.43. The van der Waals surface area contributed by atoms with Crippen LogP contribution in [0.4, 0.5) is 4.79 Å². The van der Waals surface area contributed by atoms with Crippen LogP contribution in [-0.2, 0) is 6.54 Å². The first-order valence-corrected chi connectivity index (χ1v) is 8.69. The van der Waals surface area contributed by atoms with Crippen LogP contribution >= 0.6 is 0 Å². The van der Waals surface area contributed by atoms with E-state index in [0.717, 1.165) is 42.0 Å². The number of benzene rings is 1. The van der Waals surface area contributed by atoms with E-state index in [-0.39, 0.29) is 18.2 Å². The Kier molecular flexibility index (Phi) is 5.26. The summed E-state index contributed by atoms with van der Waals surface area (Å²) in [6.07, 6.45) is 2.95. The molecule has 134 valence electrons. The van der Waals surface area contributed by atoms with E-state index >= 15 is 0 Å². The van der Waals surface area contributed by atoms with E-state index in [1.54, 1.807) is 11.9 Å². The molecule has 1 heterocycles. The van der Waals surface area contributed by atoms with Gasteiger partial charge in [0.1, 0.15) is 17.6 Å². The first-order valence-electron chi connectivity index (χ1n) is 8.69. The normalized spacial score (nSPS) is 19.6. The lowest BCUT2D eigenvalue weighted by atomic mass is 10.2. The number of nitrogens with zero attached hydrogens (tertiary/aromatic N) is 2. The molecule has 0 bridgehead atoms. The topological polar surface area (TPSA) is 67.6 Å². The number of ether oxygens (including phenoxy) is 1. The molecule has 0 radical (unpaired) electrons. The smallest absolute Gasteiger partial charge is 0.317 e. The summed E-state index contributed by atoms with van der Waals surface area (Å²) >= 11 is 0. The van der Waals surface area contributed by atoms with Crippen molar-refractivity contribution >= 4 is 6.03 Å². The fourth-order valence-corrected chi connectivity index (χ4v) is 3.21. The second-order valence-electron chi connectivity index (χ2n) is 6.62. The van der Waals surface area contributed by atoms with E-state index in [1.165, 1.54) is 0 Å². The maximum absolute atomic E-state index is 12.6. The number of amides is 2. The zero-order valence-corrected chi connectivity index (χ0v) is 15.0. The molecule has 1 fully saturated rings. The van der Waals surface area contributed by atoms with E-state index in [1.807, 2.05) is 44.2 Å². The van der Waals surface area contributed by atoms with Crippen LogP contribution in [0.5, 0.6) is 5.75 Å². The van der Waals surface area contributed by atoms with E-state index in [9.17, 15) is 4.79 Å². The standard InChI is InChI=1S/C19H25N3O3/c1-13-16(14(2)25-21-13)12-22(3)19(23)20-17-10-7-11-18(17)24-15-8-5-4-6-9-15/h4-6,8-9,17-18H,7,10-12H2,1-3H3,(H,20,23). The van der Waals surface area contributed by atoms with Crippen LogP contribution < -0.4 is 10.1 Å². The number of urea groups is 1. The SMILES string of the molecule is Cc1noc(C)c1CN(C)C(=O)NC1CCCC1Oc1ccccc1. The molecule has 2 aromatic rings. The fourth-order valence-electron chi connectivity index (χ4n) is 3.21. The summed E-state index contributed by atoms with van der Waals surface area (Å²) in [5.41, 5.74) is 1.78. The Hall–Kier alpha value is -2.50. The van der Waals surface area contributed by atoms with Crippen LogP contribution in [-0.4, -0.2) is 35.3 Å². The van der Waals surface area contributed by atoms with Gasteiger partial charge in [0.05, 0.1) is 18.3 Å². The van der Waals surface area contributed by atoms with Crippen LogP contribution in [0, 0.1) is 13.8 Å². The molecule has 6 heteroatoms. The quantitative estimate of drug-likeness (QED) is 0.903. The van der Waals surface area contributed by atoms with Gasteiger partial charge in [-0.15, -0.1) is 0 Å². The number of hydrogen-bond donors (Lipinski definition) is 1. The number of rotatable bonds is 5. The highest BCUT2D eigenvalue weighted by atomic mass is 16.5. The predicted molar refractivity (Wildman–Crippen MR) is 94.5 cm³/mol. The van der Waals surface area contributed by atoms with Crippen molar-refractivity contribution in [2.75, 3.05) is 7.05 Å². The second kappa shape index (κ2) is 7.59. The lowest BCUT2D eigenvalue weighted by Gasteiger charge is -2.25. The Morgan fingerprint density at radius 1 is 1.32 bits per heavy atom. The zero-order valence-electron chi connectivity index (χ0n) is 15.0. The van der Waals surface area contributed by atoms with Crippen molar-refractivity contribution in [2.24, 2.45) is 0 Å². The molecule has 0 saturated heterocycles. The van der Waals surface area contributed by atoms with Crippen molar-refractivity contribution in [1.82, 2.24) is 15.4 Å². The van der Waals surface area contributed by atoms with Gasteiger partial charge in [-0.25, -0.2) is 4.79 Å². The first kappa shape index (κ1) is 17.3. The summed E-state index contributed by atoms with van der Waals surface area (Å²) < 4.78 is 11.2. The number of para-hydroxylation sites is 1. The van der Waals surface area contributed by atoms with Gasteiger partial charge < -0.3 is 19.5 Å². The molecule has 1 aromatic carbocycles. The summed E-state index contributed by atoms with van der Waals surface area (Å²) in [6.45, 7) is 4.23. The van der Waals surface area contributed by atoms with Gasteiger partial charge in [0.25, 0.3) is 0 Å². The molecule has 6 nitrogen and oxygen atoms in total. The Morgan fingerprint density at radius 3 is 2.76 bits per heavy atom. The van der Waals surface area contributed by atoms with Gasteiger partial charge in [-0.2, -0.15) is 0 Å². The summed E-state index contributed by atoms with van der Waals surface area (Å²) in [4.78, 5) is 14.2. The molecule has 1 aromatic heterocycles. The van der Waals surface area contributed by atoms with E-state index in [2.05, 4.69) is 10.5 Å². The average Bonchev–Trinajstić information content (AvgIpc) is 3.17. The lowest BCUT2D eigenvalue weighted by Crippen LogP contribution is -2.47. The minimum Gasteiger partial charge on any atom is -0.488 e. The molecule has 0 aliphatic heterocycles. The molecule has 25 heavy (non-hydrogen) atoms. The van der Waals surface area contributed by atoms with Crippen molar-refractivity contribution in [3.63, 3.8) is 0 Å². The monoisotopic (exact) mass is 343 g/mol. The Bertz CT molecular complexity index is 694. The molecular formula is C19H25N3O3. The molecule has 0 spiro atoms. The lowest BCUT2D eigenvalue weighted by molar-refractivity contribution is 0.161. The largest absolute Gasteiger partial charge is 0.488 e. The first-order chi connectivity index (χ1) is 12.0. The third-order valence-corrected chi connectivity index (χ3v) is 4.72. The highest BCUT2D eigenvalue weighted by Gasteiger charge is 2.31. The fraction of sp³-hybridized carbons (Fsp3) is 0.474. The van der Waals surface area contributed by atoms with E-state index in [0.29, 0.717) is 6.54 Å². The summed E-state index contributed by atoms with van der Waals surface area (Å²) in [7, 11) is 1.78. The van der Waals surface area contributed by atoms with Crippen molar-refractivity contribution in [3.05, 3.63) is 47.3 Å². The number of hydrogen-bond acceptors (Lipinski definition) is 4. The van der Waals surface area contributed by atoms with Crippen LogP contribution in [0.3, 0.4) is 0 Å². The van der Waals surface area contributed by atoms with Gasteiger partial charge >= 0.3 is 6.03 Å². The van der Waals surface area contributed by atoms with E-state index < -0.39 is 0 Å². The number of carbonyl (C=O) groups is 1. The van der Waals surface area contributed by atoms with Crippen LogP contribution in [0.25, 0.3) is 0 Å². The van der Waals surface area contributed by atoms with Gasteiger partial charge in [-0.05, 0) is 45.2 Å². The Labute approximate surface area is 148 Å². The van der Waals surface area contributed by atoms with Crippen molar-refractivity contribution in [1.29, 1.82) is 0 Å². The maximum atomic E-state index is 12.6. The summed E-state index contributed by atoms with van der Waals surface area (Å²) in [5.74, 6) is 1.60. The zero-order chi connectivity index (χ0) is 17.8. The van der Waals surface area contributed by atoms with Gasteiger partial charge in [-0.3, -0.25) is 0 Å². The molecular weight excluding hydrogens is 318 g/mol. The molecule has 2 amide bonds. The Balaban J connectivity index is 1.57. The number of aryl methyl sites for hydroxylation is 2. The van der Waals surface area contributed by atoms with Gasteiger partial charge in [0.2, 0.25) is 0 Å². The second-order valence-corrected chi connectivity index (χ2v) is 6.62. The molecule has 3 rings (SSSR count). The minimum absolute atomic E-state index is 0.0128. The van der Waals surface area contributed by atoms with E-state index in [4.69, 9.17) is 9.26 Å². The molecule has 2 unspecified atom stereocenters. The number of carbonyl (C=O) groups excluding carboxylic acids is 1. The highest BCUT2D eigenvalue weighted by Crippen LogP contribution is 2.25. The van der Waals surface area contributed by atoms with Crippen molar-refractivity contribution in [2.45, 2.75) is 51.8 Å². The van der Waals surface area contributed by atoms with Gasteiger partial charge in [0.15, 0.2) is 0 Å². The molecule has 1 aliphatic carbocycles. The molecule has 1 aliphatic rings. The molecule has 1 N–H and O–H groups in total. The third-order valence-electron chi connectivity index (χ3n) is 4.72. The van der Waals surface area contributed by atoms with Crippen molar-refractivity contribution in [3.8, 4) is 5.75 Å². The minimum atomic E-state index is -0.103. The maximum Gasteiger partial charge on any atom is 0.317 e.